The fraction of sp³-hybridized carbons (Fsp3) is 0.188. The summed E-state index contributed by atoms with van der Waals surface area (Å²) >= 11 is 0. The molecule has 0 aliphatic heterocycles. The lowest BCUT2D eigenvalue weighted by molar-refractivity contribution is 0.0693. The van der Waals surface area contributed by atoms with Crippen LogP contribution in [-0.2, 0) is 16.4 Å². The van der Waals surface area contributed by atoms with Crippen LogP contribution in [-0.4, -0.2) is 24.6 Å². The topological polar surface area (TPSA) is 104 Å². The molecule has 0 heterocycles. The van der Waals surface area contributed by atoms with E-state index in [0.29, 0.717) is 11.3 Å². The zero-order valence-electron chi connectivity index (χ0n) is 12.7. The SMILES string of the molecule is CCc1cccc(NS(=O)(=O)c2cc(C)cc(C(=O)O)c2O)c1. The molecule has 0 radical (unpaired) electrons. The second-order valence-electron chi connectivity index (χ2n) is 5.12. The lowest BCUT2D eigenvalue weighted by atomic mass is 10.1. The highest BCUT2D eigenvalue weighted by molar-refractivity contribution is 7.92. The van der Waals surface area contributed by atoms with Crippen LogP contribution in [0.25, 0.3) is 0 Å². The zero-order chi connectivity index (χ0) is 17.2. The van der Waals surface area contributed by atoms with Gasteiger partial charge in [0, 0.05) is 5.69 Å². The van der Waals surface area contributed by atoms with Gasteiger partial charge in [0.2, 0.25) is 0 Å². The van der Waals surface area contributed by atoms with E-state index in [1.807, 2.05) is 13.0 Å². The third kappa shape index (κ3) is 3.62. The summed E-state index contributed by atoms with van der Waals surface area (Å²) in [6.45, 7) is 3.50. The number of benzene rings is 2. The van der Waals surface area contributed by atoms with E-state index < -0.39 is 32.2 Å². The van der Waals surface area contributed by atoms with Crippen molar-refractivity contribution >= 4 is 21.7 Å². The van der Waals surface area contributed by atoms with Crippen molar-refractivity contribution in [1.29, 1.82) is 0 Å². The van der Waals surface area contributed by atoms with Crippen molar-refractivity contribution in [3.63, 3.8) is 0 Å². The second-order valence-corrected chi connectivity index (χ2v) is 6.77. The van der Waals surface area contributed by atoms with Gasteiger partial charge in [0.1, 0.15) is 10.5 Å². The maximum atomic E-state index is 12.5. The molecule has 0 spiro atoms. The molecular weight excluding hydrogens is 318 g/mol. The van der Waals surface area contributed by atoms with Gasteiger partial charge in [0.25, 0.3) is 10.0 Å². The van der Waals surface area contributed by atoms with E-state index in [9.17, 15) is 18.3 Å². The Labute approximate surface area is 134 Å². The van der Waals surface area contributed by atoms with Gasteiger partial charge in [-0.2, -0.15) is 0 Å². The minimum Gasteiger partial charge on any atom is -0.506 e. The number of aromatic hydroxyl groups is 1. The van der Waals surface area contributed by atoms with E-state index in [1.54, 1.807) is 25.1 Å². The summed E-state index contributed by atoms with van der Waals surface area (Å²) in [7, 11) is -4.11. The first-order valence-corrected chi connectivity index (χ1v) is 8.41. The predicted octanol–water partition coefficient (Wildman–Crippen LogP) is 2.76. The normalized spacial score (nSPS) is 11.2. The number of sulfonamides is 1. The van der Waals surface area contributed by atoms with Gasteiger partial charge < -0.3 is 10.2 Å². The number of hydrogen-bond acceptors (Lipinski definition) is 4. The molecule has 3 N–H and O–H groups in total. The molecule has 23 heavy (non-hydrogen) atoms. The smallest absolute Gasteiger partial charge is 0.339 e. The highest BCUT2D eigenvalue weighted by Crippen LogP contribution is 2.30. The van der Waals surface area contributed by atoms with Crippen LogP contribution in [0.15, 0.2) is 41.3 Å². The van der Waals surface area contributed by atoms with E-state index in [2.05, 4.69) is 4.72 Å². The van der Waals surface area contributed by atoms with Crippen LogP contribution < -0.4 is 4.72 Å². The van der Waals surface area contributed by atoms with Crippen molar-refractivity contribution < 1.29 is 23.4 Å². The van der Waals surface area contributed by atoms with Gasteiger partial charge in [-0.1, -0.05) is 19.1 Å². The van der Waals surface area contributed by atoms with Crippen molar-refractivity contribution in [2.75, 3.05) is 4.72 Å². The maximum absolute atomic E-state index is 12.5. The Kier molecular flexibility index (Phi) is 4.60. The molecule has 0 bridgehead atoms. The second kappa shape index (κ2) is 6.29. The van der Waals surface area contributed by atoms with Gasteiger partial charge in [0.15, 0.2) is 5.75 Å². The lowest BCUT2D eigenvalue weighted by Gasteiger charge is -2.12. The molecule has 0 amide bonds. The first-order valence-electron chi connectivity index (χ1n) is 6.93. The number of nitrogens with one attached hydrogen (secondary N) is 1. The number of carboxylic acids is 1. The van der Waals surface area contributed by atoms with Crippen molar-refractivity contribution in [2.24, 2.45) is 0 Å². The molecule has 2 aromatic carbocycles. The summed E-state index contributed by atoms with van der Waals surface area (Å²) in [6, 6.07) is 9.30. The molecule has 0 aliphatic rings. The Hall–Kier alpha value is -2.54. The summed E-state index contributed by atoms with van der Waals surface area (Å²) in [5.74, 6) is -2.17. The summed E-state index contributed by atoms with van der Waals surface area (Å²) in [5, 5.41) is 19.1. The van der Waals surface area contributed by atoms with Gasteiger partial charge in [-0.25, -0.2) is 13.2 Å². The molecule has 0 saturated heterocycles. The van der Waals surface area contributed by atoms with Crippen LogP contribution in [0.4, 0.5) is 5.69 Å². The fourth-order valence-electron chi connectivity index (χ4n) is 2.18. The number of aryl methyl sites for hydroxylation is 2. The number of rotatable bonds is 5. The Morgan fingerprint density at radius 3 is 2.52 bits per heavy atom. The molecule has 0 aliphatic carbocycles. The minimum absolute atomic E-state index is 0.349. The Balaban J connectivity index is 2.49. The van der Waals surface area contributed by atoms with E-state index in [-0.39, 0.29) is 0 Å². The molecule has 6 nitrogen and oxygen atoms in total. The highest BCUT2D eigenvalue weighted by Gasteiger charge is 2.24. The molecule has 2 aromatic rings. The number of carbonyl (C=O) groups is 1. The third-order valence-corrected chi connectivity index (χ3v) is 4.72. The van der Waals surface area contributed by atoms with E-state index in [1.165, 1.54) is 12.1 Å². The van der Waals surface area contributed by atoms with Gasteiger partial charge in [0.05, 0.1) is 0 Å². The number of phenols is 1. The van der Waals surface area contributed by atoms with Gasteiger partial charge in [-0.05, 0) is 48.7 Å². The Bertz CT molecular complexity index is 859. The number of aromatic carboxylic acids is 1. The van der Waals surface area contributed by atoms with E-state index in [4.69, 9.17) is 5.11 Å². The van der Waals surface area contributed by atoms with Gasteiger partial charge in [-0.3, -0.25) is 4.72 Å². The maximum Gasteiger partial charge on any atom is 0.339 e. The fourth-order valence-corrected chi connectivity index (χ4v) is 3.43. The summed E-state index contributed by atoms with van der Waals surface area (Å²) < 4.78 is 27.3. The Morgan fingerprint density at radius 2 is 1.91 bits per heavy atom. The molecule has 0 aromatic heterocycles. The quantitative estimate of drug-likeness (QED) is 0.779. The van der Waals surface area contributed by atoms with E-state index >= 15 is 0 Å². The number of carboxylic acid groups (broad SMARTS) is 1. The van der Waals surface area contributed by atoms with Crippen molar-refractivity contribution in [3.8, 4) is 5.75 Å². The Morgan fingerprint density at radius 1 is 1.22 bits per heavy atom. The largest absolute Gasteiger partial charge is 0.506 e. The minimum atomic E-state index is -4.11. The van der Waals surface area contributed by atoms with Crippen LogP contribution in [0, 0.1) is 6.92 Å². The summed E-state index contributed by atoms with van der Waals surface area (Å²) in [5.41, 5.74) is 1.27. The lowest BCUT2D eigenvalue weighted by Crippen LogP contribution is -2.15. The monoisotopic (exact) mass is 335 g/mol. The molecule has 0 saturated carbocycles. The first-order chi connectivity index (χ1) is 10.7. The van der Waals surface area contributed by atoms with E-state index in [0.717, 1.165) is 12.0 Å². The molecule has 2 rings (SSSR count). The molecule has 7 heteroatoms. The van der Waals surface area contributed by atoms with Crippen molar-refractivity contribution in [2.45, 2.75) is 25.2 Å². The average molecular weight is 335 g/mol. The van der Waals surface area contributed by atoms with Crippen LogP contribution >= 0.6 is 0 Å². The first kappa shape index (κ1) is 16.8. The van der Waals surface area contributed by atoms with Crippen LogP contribution in [0.3, 0.4) is 0 Å². The van der Waals surface area contributed by atoms with Gasteiger partial charge >= 0.3 is 5.97 Å². The summed E-state index contributed by atoms with van der Waals surface area (Å²) in [6.07, 6.45) is 0.744. The highest BCUT2D eigenvalue weighted by atomic mass is 32.2. The number of hydrogen-bond donors (Lipinski definition) is 3. The van der Waals surface area contributed by atoms with Gasteiger partial charge in [-0.15, -0.1) is 0 Å². The zero-order valence-corrected chi connectivity index (χ0v) is 13.5. The standard InChI is InChI=1S/C16H17NO5S/c1-3-11-5-4-6-12(9-11)17-23(21,22)14-8-10(2)7-13(15(14)18)16(19)20/h4-9,17-18H,3H2,1-2H3,(H,19,20). The molecule has 122 valence electrons. The van der Waals surface area contributed by atoms with Crippen LogP contribution in [0.1, 0.15) is 28.4 Å². The summed E-state index contributed by atoms with van der Waals surface area (Å²) in [4.78, 5) is 10.7. The van der Waals surface area contributed by atoms with Crippen molar-refractivity contribution in [1.82, 2.24) is 0 Å². The van der Waals surface area contributed by atoms with Crippen LogP contribution in [0.2, 0.25) is 0 Å². The molecule has 0 unspecified atom stereocenters. The average Bonchev–Trinajstić information content (AvgIpc) is 2.48. The third-order valence-electron chi connectivity index (χ3n) is 3.33. The predicted molar refractivity (Wildman–Crippen MR) is 86.4 cm³/mol. The molecule has 0 atom stereocenters. The number of anilines is 1. The molecular formula is C16H17NO5S. The van der Waals surface area contributed by atoms with Crippen LogP contribution in [0.5, 0.6) is 5.75 Å². The van der Waals surface area contributed by atoms with Crippen molar-refractivity contribution in [3.05, 3.63) is 53.1 Å². The molecule has 0 fully saturated rings.